The van der Waals surface area contributed by atoms with Crippen molar-refractivity contribution in [3.8, 4) is 0 Å². The van der Waals surface area contributed by atoms with E-state index in [0.717, 1.165) is 0 Å². The van der Waals surface area contributed by atoms with Gasteiger partial charge in [-0.1, -0.05) is 7.43 Å². The molecule has 0 aliphatic rings. The number of hydrogen-bond donors (Lipinski definition) is 2. The summed E-state index contributed by atoms with van der Waals surface area (Å²) in [6, 6.07) is 0. The van der Waals surface area contributed by atoms with Crippen LogP contribution in [0.4, 0.5) is 13.2 Å². The van der Waals surface area contributed by atoms with Gasteiger partial charge in [-0.3, -0.25) is 4.79 Å². The van der Waals surface area contributed by atoms with Crippen LogP contribution in [0.3, 0.4) is 0 Å². The Kier molecular flexibility index (Phi) is 5.78. The molecule has 0 saturated carbocycles. The maximum absolute atomic E-state index is 11.3. The van der Waals surface area contributed by atoms with Gasteiger partial charge in [0.05, 0.1) is 0 Å². The molecule has 0 bridgehead atoms. The van der Waals surface area contributed by atoms with E-state index in [1.165, 1.54) is 0 Å². The third-order valence-electron chi connectivity index (χ3n) is 0.713. The van der Waals surface area contributed by atoms with Crippen LogP contribution in [0, 0.1) is 0 Å². The van der Waals surface area contributed by atoms with Crippen molar-refractivity contribution in [1.82, 2.24) is 5.32 Å². The van der Waals surface area contributed by atoms with Crippen LogP contribution >= 0.6 is 0 Å². The summed E-state index contributed by atoms with van der Waals surface area (Å²) in [4.78, 5) is 10.2. The lowest BCUT2D eigenvalue weighted by Crippen LogP contribution is -2.57. The number of rotatable bonds is 2. The van der Waals surface area contributed by atoms with Crippen LogP contribution in [0.2, 0.25) is 0 Å². The number of carbonyl (C=O) groups is 1. The first-order valence-corrected chi connectivity index (χ1v) is 2.58. The van der Waals surface area contributed by atoms with Crippen molar-refractivity contribution in [2.75, 3.05) is 13.1 Å². The summed E-state index contributed by atoms with van der Waals surface area (Å²) >= 11 is 0. The van der Waals surface area contributed by atoms with Crippen LogP contribution in [0.5, 0.6) is 0 Å². The second-order valence-electron chi connectivity index (χ2n) is 1.64. The van der Waals surface area contributed by atoms with E-state index >= 15 is 0 Å². The normalized spacial score (nSPS) is 10.2. The first kappa shape index (κ1) is 12.9. The summed E-state index contributed by atoms with van der Waals surface area (Å²) < 4.78 is 34.0. The van der Waals surface area contributed by atoms with Crippen molar-refractivity contribution in [2.45, 2.75) is 13.6 Å². The number of nitrogens with one attached hydrogen (secondary N) is 1. The maximum atomic E-state index is 11.3. The van der Waals surface area contributed by atoms with E-state index in [-0.39, 0.29) is 14.0 Å². The van der Waals surface area contributed by atoms with Gasteiger partial charge >= 0.3 is 6.18 Å². The maximum Gasteiger partial charge on any atom is 0.405 e. The summed E-state index contributed by atoms with van der Waals surface area (Å²) in [5.41, 5.74) is 3.11. The van der Waals surface area contributed by atoms with E-state index in [4.69, 9.17) is 0 Å². The Morgan fingerprint density at radius 2 is 1.91 bits per heavy atom. The minimum absolute atomic E-state index is 0. The fourth-order valence-electron chi connectivity index (χ4n) is 0.287. The summed E-state index contributed by atoms with van der Waals surface area (Å²) in [7, 11) is 0. The van der Waals surface area contributed by atoms with Crippen molar-refractivity contribution >= 4 is 5.91 Å². The number of hydrogen-bond acceptors (Lipinski definition) is 1. The fraction of sp³-hybridized carbons (Fsp3) is 0.800. The molecule has 0 fully saturated rings. The van der Waals surface area contributed by atoms with Gasteiger partial charge in [-0.05, 0) is 0 Å². The Labute approximate surface area is 62.8 Å². The van der Waals surface area contributed by atoms with Gasteiger partial charge in [0.1, 0.15) is 6.54 Å². The molecule has 0 heterocycles. The number of halogens is 3. The molecule has 68 valence electrons. The lowest BCUT2D eigenvalue weighted by Gasteiger charge is -2.05. The zero-order valence-corrected chi connectivity index (χ0v) is 5.16. The molecule has 0 unspecified atom stereocenters. The van der Waals surface area contributed by atoms with Crippen molar-refractivity contribution in [2.24, 2.45) is 0 Å². The van der Waals surface area contributed by atoms with Gasteiger partial charge in [0.15, 0.2) is 6.54 Å². The predicted molar refractivity (Wildman–Crippen MR) is 33.6 cm³/mol. The molecule has 0 aliphatic heterocycles. The summed E-state index contributed by atoms with van der Waals surface area (Å²) in [6.45, 7) is -1.45. The van der Waals surface area contributed by atoms with E-state index in [9.17, 15) is 18.0 Å². The quantitative estimate of drug-likeness (QED) is 0.583. The Morgan fingerprint density at radius 1 is 1.45 bits per heavy atom. The third-order valence-corrected chi connectivity index (χ3v) is 0.713. The molecule has 11 heavy (non-hydrogen) atoms. The summed E-state index contributed by atoms with van der Waals surface area (Å²) in [5.74, 6) is -0.697. The average molecular weight is 173 g/mol. The number of amides is 1. The van der Waals surface area contributed by atoms with Crippen molar-refractivity contribution in [1.29, 1.82) is 0 Å². The second kappa shape index (κ2) is 4.95. The minimum atomic E-state index is -4.33. The van der Waals surface area contributed by atoms with Gasteiger partial charge in [0.25, 0.3) is 5.91 Å². The first-order chi connectivity index (χ1) is 4.45. The van der Waals surface area contributed by atoms with Crippen LogP contribution in [-0.2, 0) is 4.79 Å². The molecule has 0 rings (SSSR count). The van der Waals surface area contributed by atoms with Gasteiger partial charge in [-0.2, -0.15) is 13.2 Å². The van der Waals surface area contributed by atoms with Crippen LogP contribution in [0.25, 0.3) is 0 Å². The number of quaternary nitrogens is 1. The van der Waals surface area contributed by atoms with Gasteiger partial charge in [0, 0.05) is 0 Å². The first-order valence-electron chi connectivity index (χ1n) is 2.58. The van der Waals surface area contributed by atoms with E-state index in [1.807, 2.05) is 0 Å². The number of alkyl halides is 3. The van der Waals surface area contributed by atoms with E-state index < -0.39 is 18.6 Å². The zero-order valence-electron chi connectivity index (χ0n) is 5.16. The van der Waals surface area contributed by atoms with Crippen LogP contribution in [-0.4, -0.2) is 25.2 Å². The molecule has 0 aromatic carbocycles. The predicted octanol–water partition coefficient (Wildman–Crippen LogP) is -0.457. The summed E-state index contributed by atoms with van der Waals surface area (Å²) in [5, 5.41) is 1.65. The van der Waals surface area contributed by atoms with Gasteiger partial charge < -0.3 is 11.1 Å². The van der Waals surface area contributed by atoms with Crippen LogP contribution in [0.15, 0.2) is 0 Å². The van der Waals surface area contributed by atoms with Crippen LogP contribution < -0.4 is 11.1 Å². The molecule has 0 aliphatic carbocycles. The molecule has 6 heteroatoms. The standard InChI is InChI=1S/C4H7F3N2O.CH4/c5-4(6,7)2-9-3(10)1-8;/h1-2,8H2,(H,9,10);1H4/p+1. The molecule has 0 aromatic heterocycles. The second-order valence-corrected chi connectivity index (χ2v) is 1.64. The Balaban J connectivity index is 0. The highest BCUT2D eigenvalue weighted by atomic mass is 19.4. The van der Waals surface area contributed by atoms with Gasteiger partial charge in [-0.15, -0.1) is 0 Å². The molecule has 4 N–H and O–H groups in total. The highest BCUT2D eigenvalue weighted by Crippen LogP contribution is 2.11. The molecule has 0 saturated heterocycles. The van der Waals surface area contributed by atoms with Crippen LogP contribution in [0.1, 0.15) is 7.43 Å². The fourth-order valence-corrected chi connectivity index (χ4v) is 0.287. The molecular formula is C5H12F3N2O+. The monoisotopic (exact) mass is 173 g/mol. The average Bonchev–Trinajstić information content (AvgIpc) is 1.81. The third kappa shape index (κ3) is 9.22. The Bertz CT molecular complexity index is 123. The van der Waals surface area contributed by atoms with E-state index in [1.54, 1.807) is 5.32 Å². The topological polar surface area (TPSA) is 56.7 Å². The molecule has 0 spiro atoms. The molecule has 1 amide bonds. The summed E-state index contributed by atoms with van der Waals surface area (Å²) in [6.07, 6.45) is -4.33. The lowest BCUT2D eigenvalue weighted by molar-refractivity contribution is -0.355. The Morgan fingerprint density at radius 3 is 2.18 bits per heavy atom. The van der Waals surface area contributed by atoms with E-state index in [0.29, 0.717) is 0 Å². The minimum Gasteiger partial charge on any atom is -0.350 e. The molecule has 0 atom stereocenters. The molecule has 0 aromatic rings. The van der Waals surface area contributed by atoms with Crippen molar-refractivity contribution in [3.63, 3.8) is 0 Å². The SMILES string of the molecule is C.[NH3+]CC(=O)NCC(F)(F)F. The van der Waals surface area contributed by atoms with Crippen molar-refractivity contribution < 1.29 is 23.7 Å². The molecule has 3 nitrogen and oxygen atoms in total. The molecular weight excluding hydrogens is 161 g/mol. The highest BCUT2D eigenvalue weighted by molar-refractivity contribution is 5.76. The lowest BCUT2D eigenvalue weighted by atomic mass is 10.5. The number of carbonyl (C=O) groups excluding carboxylic acids is 1. The highest BCUT2D eigenvalue weighted by Gasteiger charge is 2.27. The Hall–Kier alpha value is -0.780. The van der Waals surface area contributed by atoms with E-state index in [2.05, 4.69) is 5.73 Å². The molecule has 0 radical (unpaired) electrons. The zero-order chi connectivity index (χ0) is 8.20. The largest absolute Gasteiger partial charge is 0.405 e. The van der Waals surface area contributed by atoms with Crippen molar-refractivity contribution in [3.05, 3.63) is 0 Å². The smallest absolute Gasteiger partial charge is 0.350 e. The van der Waals surface area contributed by atoms with Gasteiger partial charge in [-0.25, -0.2) is 0 Å². The van der Waals surface area contributed by atoms with Gasteiger partial charge in [0.2, 0.25) is 0 Å².